The molecule has 4 heterocycles. The zero-order valence-electron chi connectivity index (χ0n) is 22.3. The quantitative estimate of drug-likeness (QED) is 0.302. The van der Waals surface area contributed by atoms with E-state index in [0.717, 1.165) is 21.1 Å². The van der Waals surface area contributed by atoms with E-state index in [4.69, 9.17) is 5.73 Å². The Hall–Kier alpha value is -5.07. The maximum absolute atomic E-state index is 13.3. The van der Waals surface area contributed by atoms with Crippen LogP contribution < -0.4 is 16.6 Å². The molecule has 5 aromatic rings. The van der Waals surface area contributed by atoms with E-state index < -0.39 is 24.2 Å². The lowest BCUT2D eigenvalue weighted by molar-refractivity contribution is -0.139. The van der Waals surface area contributed by atoms with Crippen LogP contribution in [0.4, 0.5) is 24.7 Å². The van der Waals surface area contributed by atoms with Crippen LogP contribution in [0.25, 0.3) is 28.0 Å². The molecule has 0 saturated heterocycles. The van der Waals surface area contributed by atoms with Crippen LogP contribution in [0.2, 0.25) is 0 Å². The summed E-state index contributed by atoms with van der Waals surface area (Å²) < 4.78 is 41.6. The average Bonchev–Trinajstić information content (AvgIpc) is 3.27. The van der Waals surface area contributed by atoms with Gasteiger partial charge >= 0.3 is 6.18 Å². The van der Waals surface area contributed by atoms with Gasteiger partial charge in [-0.1, -0.05) is 32.0 Å². The van der Waals surface area contributed by atoms with Crippen LogP contribution in [0.15, 0.2) is 66.0 Å². The summed E-state index contributed by atoms with van der Waals surface area (Å²) in [6, 6.07) is 11.3. The number of anilines is 2. The molecule has 0 unspecified atom stereocenters. The second-order valence-corrected chi connectivity index (χ2v) is 9.82. The topological polar surface area (TPSA) is 134 Å². The second-order valence-electron chi connectivity index (χ2n) is 9.82. The Kier molecular flexibility index (Phi) is 7.03. The predicted molar refractivity (Wildman–Crippen MR) is 148 cm³/mol. The third-order valence-electron chi connectivity index (χ3n) is 6.37. The van der Waals surface area contributed by atoms with Crippen molar-refractivity contribution in [2.45, 2.75) is 39.4 Å². The van der Waals surface area contributed by atoms with Crippen LogP contribution in [-0.4, -0.2) is 41.4 Å². The molecule has 0 atom stereocenters. The first kappa shape index (κ1) is 27.5. The molecule has 0 spiro atoms. The molecule has 210 valence electrons. The Balaban J connectivity index is 1.47. The molecular weight excluding hydrogens is 537 g/mol. The predicted octanol–water partition coefficient (Wildman–Crippen LogP) is 4.87. The van der Waals surface area contributed by atoms with Gasteiger partial charge in [-0.25, -0.2) is 15.0 Å². The molecule has 1 aromatic carbocycles. The number of hydrogen-bond acceptors (Lipinski definition) is 7. The average molecular weight is 563 g/mol. The second kappa shape index (κ2) is 10.5. The van der Waals surface area contributed by atoms with E-state index in [1.54, 1.807) is 42.6 Å². The van der Waals surface area contributed by atoms with Gasteiger partial charge in [-0.3, -0.25) is 9.59 Å². The highest BCUT2D eigenvalue weighted by Crippen LogP contribution is 2.34. The van der Waals surface area contributed by atoms with Gasteiger partial charge in [-0.15, -0.1) is 0 Å². The van der Waals surface area contributed by atoms with Crippen molar-refractivity contribution in [1.29, 1.82) is 0 Å². The summed E-state index contributed by atoms with van der Waals surface area (Å²) in [5.74, 6) is -0.392. The van der Waals surface area contributed by atoms with Crippen molar-refractivity contribution < 1.29 is 18.0 Å². The number of carbonyl (C=O) groups is 1. The Morgan fingerprint density at radius 2 is 1.80 bits per heavy atom. The summed E-state index contributed by atoms with van der Waals surface area (Å²) in [7, 11) is 0. The van der Waals surface area contributed by atoms with Gasteiger partial charge in [0.05, 0.1) is 11.1 Å². The number of amides is 1. The molecule has 4 aromatic heterocycles. The van der Waals surface area contributed by atoms with Crippen molar-refractivity contribution >= 4 is 28.4 Å². The van der Waals surface area contributed by atoms with Crippen molar-refractivity contribution in [1.82, 2.24) is 29.3 Å². The third-order valence-corrected chi connectivity index (χ3v) is 6.37. The van der Waals surface area contributed by atoms with Crippen molar-refractivity contribution in [2.75, 3.05) is 11.1 Å². The van der Waals surface area contributed by atoms with Gasteiger partial charge in [0.1, 0.15) is 29.9 Å². The highest BCUT2D eigenvalue weighted by atomic mass is 19.4. The normalized spacial score (nSPS) is 11.8. The first-order valence-electron chi connectivity index (χ1n) is 12.6. The van der Waals surface area contributed by atoms with Crippen LogP contribution in [-0.2, 0) is 6.54 Å². The van der Waals surface area contributed by atoms with Gasteiger partial charge in [0, 0.05) is 23.6 Å². The van der Waals surface area contributed by atoms with E-state index in [0.29, 0.717) is 22.5 Å². The summed E-state index contributed by atoms with van der Waals surface area (Å²) in [5.41, 5.74) is 8.05. The molecule has 0 saturated carbocycles. The molecule has 0 radical (unpaired) electrons. The number of nitrogen functional groups attached to an aromatic ring is 1. The van der Waals surface area contributed by atoms with Gasteiger partial charge in [-0.2, -0.15) is 23.0 Å². The molecule has 0 fully saturated rings. The van der Waals surface area contributed by atoms with Gasteiger partial charge in [0.25, 0.3) is 11.5 Å². The minimum atomic E-state index is -4.46. The molecule has 3 N–H and O–H groups in total. The van der Waals surface area contributed by atoms with E-state index in [2.05, 4.69) is 25.4 Å². The number of alkyl halides is 3. The van der Waals surface area contributed by atoms with E-state index in [1.165, 1.54) is 12.3 Å². The molecule has 0 bridgehead atoms. The highest BCUT2D eigenvalue weighted by Gasteiger charge is 2.30. The van der Waals surface area contributed by atoms with Crippen LogP contribution in [0.1, 0.15) is 41.4 Å². The van der Waals surface area contributed by atoms with Crippen LogP contribution in [0, 0.1) is 6.92 Å². The van der Waals surface area contributed by atoms with Gasteiger partial charge < -0.3 is 15.6 Å². The number of nitrogens with one attached hydrogen (secondary N) is 1. The number of aromatic nitrogens is 6. The molecule has 0 aliphatic rings. The monoisotopic (exact) mass is 562 g/mol. The number of carbonyl (C=O) groups excluding carboxylic acids is 1. The van der Waals surface area contributed by atoms with E-state index >= 15 is 0 Å². The summed E-state index contributed by atoms with van der Waals surface area (Å²) in [5, 5.41) is 7.39. The third kappa shape index (κ3) is 5.64. The standard InChI is InChI=1S/C28H25F3N8O2/c1-15(2)21-10-19(27(41)39(37-21)22-9-4-16(3)11-33-22)26(40)36-18-7-5-17(6-8-18)20-12-38(13-28(29,30)31)25-23(20)24(32)34-14-35-25/h4-12,14-15H,13H2,1-3H3,(H,36,40)(H2,32,34,35). The van der Waals surface area contributed by atoms with E-state index in [-0.39, 0.29) is 34.2 Å². The lowest BCUT2D eigenvalue weighted by atomic mass is 10.1. The summed E-state index contributed by atoms with van der Waals surface area (Å²) in [6.07, 6.45) is -0.428. The summed E-state index contributed by atoms with van der Waals surface area (Å²) in [4.78, 5) is 38.7. The maximum Gasteiger partial charge on any atom is 0.406 e. The minimum absolute atomic E-state index is 0.0429. The lowest BCUT2D eigenvalue weighted by Gasteiger charge is -2.12. The van der Waals surface area contributed by atoms with Crippen molar-refractivity contribution in [3.8, 4) is 16.9 Å². The number of nitrogens with two attached hydrogens (primary N) is 1. The smallest absolute Gasteiger partial charge is 0.383 e. The van der Waals surface area contributed by atoms with Crippen LogP contribution in [0.5, 0.6) is 0 Å². The van der Waals surface area contributed by atoms with Gasteiger partial charge in [0.2, 0.25) is 0 Å². The molecule has 1 amide bonds. The SMILES string of the molecule is Cc1ccc(-n2nc(C(C)C)cc(C(=O)Nc3ccc(-c4cn(CC(F)(F)F)c5ncnc(N)c45)cc3)c2=O)nc1. The number of aryl methyl sites for hydroxylation is 1. The van der Waals surface area contributed by atoms with Crippen molar-refractivity contribution in [2.24, 2.45) is 0 Å². The summed E-state index contributed by atoms with van der Waals surface area (Å²) >= 11 is 0. The zero-order chi connectivity index (χ0) is 29.5. The lowest BCUT2D eigenvalue weighted by Crippen LogP contribution is -2.31. The molecule has 0 aliphatic carbocycles. The molecule has 10 nitrogen and oxygen atoms in total. The molecule has 13 heteroatoms. The van der Waals surface area contributed by atoms with Gasteiger partial charge in [-0.05, 0) is 48.2 Å². The first-order chi connectivity index (χ1) is 19.4. The van der Waals surface area contributed by atoms with E-state index in [9.17, 15) is 22.8 Å². The number of hydrogen-bond donors (Lipinski definition) is 2. The van der Waals surface area contributed by atoms with Crippen molar-refractivity contribution in [3.05, 3.63) is 88.4 Å². The number of nitrogens with zero attached hydrogens (tertiary/aromatic N) is 6. The van der Waals surface area contributed by atoms with Gasteiger partial charge in [0.15, 0.2) is 5.82 Å². The Morgan fingerprint density at radius 1 is 1.07 bits per heavy atom. The first-order valence-corrected chi connectivity index (χ1v) is 12.6. The number of halogens is 3. The number of rotatable bonds is 6. The number of pyridine rings is 1. The fourth-order valence-electron chi connectivity index (χ4n) is 4.31. The molecule has 41 heavy (non-hydrogen) atoms. The summed E-state index contributed by atoms with van der Waals surface area (Å²) in [6.45, 7) is 4.41. The molecular formula is C28H25F3N8O2. The fourth-order valence-corrected chi connectivity index (χ4v) is 4.31. The van der Waals surface area contributed by atoms with Crippen LogP contribution in [0.3, 0.4) is 0 Å². The number of benzene rings is 1. The minimum Gasteiger partial charge on any atom is -0.383 e. The highest BCUT2D eigenvalue weighted by molar-refractivity contribution is 6.04. The maximum atomic E-state index is 13.3. The molecule has 0 aliphatic heterocycles. The fraction of sp³-hybridized carbons (Fsp3) is 0.214. The number of fused-ring (bicyclic) bond motifs is 1. The van der Waals surface area contributed by atoms with Crippen molar-refractivity contribution in [3.63, 3.8) is 0 Å². The Bertz CT molecular complexity index is 1810. The van der Waals surface area contributed by atoms with Crippen LogP contribution >= 0.6 is 0 Å². The largest absolute Gasteiger partial charge is 0.406 e. The Morgan fingerprint density at radius 3 is 2.44 bits per heavy atom. The zero-order valence-corrected chi connectivity index (χ0v) is 22.3. The Labute approximate surface area is 231 Å². The van der Waals surface area contributed by atoms with E-state index in [1.807, 2.05) is 20.8 Å². The molecule has 5 rings (SSSR count).